The lowest BCUT2D eigenvalue weighted by molar-refractivity contribution is 0.0913. The SMILES string of the molecule is Cc1nc(-c2ccsc2)ccc1C(=O)NC1CCNCC1C.Cl.Cl. The van der Waals surface area contributed by atoms with E-state index in [9.17, 15) is 4.79 Å². The third kappa shape index (κ3) is 4.70. The lowest BCUT2D eigenvalue weighted by Crippen LogP contribution is -2.48. The second-order valence-electron chi connectivity index (χ2n) is 5.89. The summed E-state index contributed by atoms with van der Waals surface area (Å²) >= 11 is 1.65. The van der Waals surface area contributed by atoms with Gasteiger partial charge in [-0.25, -0.2) is 0 Å². The van der Waals surface area contributed by atoms with E-state index in [2.05, 4.69) is 27.9 Å². The molecule has 1 aliphatic heterocycles. The summed E-state index contributed by atoms with van der Waals surface area (Å²) in [5, 5.41) is 10.6. The average molecular weight is 388 g/mol. The summed E-state index contributed by atoms with van der Waals surface area (Å²) in [5.74, 6) is 0.441. The number of rotatable bonds is 3. The second kappa shape index (κ2) is 9.37. The van der Waals surface area contributed by atoms with Gasteiger partial charge in [-0.05, 0) is 55.9 Å². The number of hydrogen-bond acceptors (Lipinski definition) is 4. The third-order valence-electron chi connectivity index (χ3n) is 4.25. The van der Waals surface area contributed by atoms with Gasteiger partial charge in [0.1, 0.15) is 0 Å². The van der Waals surface area contributed by atoms with Crippen LogP contribution in [0.3, 0.4) is 0 Å². The van der Waals surface area contributed by atoms with Crippen molar-refractivity contribution in [3.8, 4) is 11.3 Å². The molecule has 24 heavy (non-hydrogen) atoms. The maximum Gasteiger partial charge on any atom is 0.253 e. The van der Waals surface area contributed by atoms with E-state index < -0.39 is 0 Å². The first-order chi connectivity index (χ1) is 10.6. The zero-order valence-electron chi connectivity index (χ0n) is 13.7. The number of halogens is 2. The van der Waals surface area contributed by atoms with Gasteiger partial charge in [-0.1, -0.05) is 6.92 Å². The van der Waals surface area contributed by atoms with Crippen LogP contribution >= 0.6 is 36.2 Å². The molecular weight excluding hydrogens is 365 g/mol. The Hall–Kier alpha value is -1.14. The van der Waals surface area contributed by atoms with Crippen molar-refractivity contribution in [1.82, 2.24) is 15.6 Å². The third-order valence-corrected chi connectivity index (χ3v) is 4.93. The number of piperidine rings is 1. The number of aromatic nitrogens is 1. The predicted octanol–water partition coefficient (Wildman–Crippen LogP) is 3.69. The summed E-state index contributed by atoms with van der Waals surface area (Å²) in [7, 11) is 0. The molecule has 2 unspecified atom stereocenters. The van der Waals surface area contributed by atoms with Crippen molar-refractivity contribution in [2.24, 2.45) is 5.92 Å². The molecular formula is C17H23Cl2N3OS. The van der Waals surface area contributed by atoms with Gasteiger partial charge in [-0.15, -0.1) is 24.8 Å². The number of pyridine rings is 1. The molecule has 0 spiro atoms. The molecule has 1 amide bonds. The van der Waals surface area contributed by atoms with Crippen LogP contribution in [0, 0.1) is 12.8 Å². The van der Waals surface area contributed by atoms with Crippen LogP contribution in [0.15, 0.2) is 29.0 Å². The first-order valence-electron chi connectivity index (χ1n) is 7.67. The van der Waals surface area contributed by atoms with E-state index in [0.717, 1.165) is 36.5 Å². The maximum atomic E-state index is 12.5. The first-order valence-corrected chi connectivity index (χ1v) is 8.61. The first kappa shape index (κ1) is 20.9. The Morgan fingerprint density at radius 3 is 2.75 bits per heavy atom. The number of nitrogens with one attached hydrogen (secondary N) is 2. The summed E-state index contributed by atoms with van der Waals surface area (Å²) in [6, 6.07) is 6.10. The van der Waals surface area contributed by atoms with E-state index in [0.29, 0.717) is 11.5 Å². The van der Waals surface area contributed by atoms with Gasteiger partial charge in [0.05, 0.1) is 17.0 Å². The lowest BCUT2D eigenvalue weighted by Gasteiger charge is -2.30. The van der Waals surface area contributed by atoms with Gasteiger partial charge >= 0.3 is 0 Å². The molecule has 1 saturated heterocycles. The smallest absolute Gasteiger partial charge is 0.253 e. The molecule has 132 valence electrons. The highest BCUT2D eigenvalue weighted by Crippen LogP contribution is 2.21. The van der Waals surface area contributed by atoms with E-state index in [1.807, 2.05) is 30.5 Å². The van der Waals surface area contributed by atoms with Gasteiger partial charge in [-0.3, -0.25) is 9.78 Å². The minimum Gasteiger partial charge on any atom is -0.349 e. The molecule has 1 aliphatic rings. The minimum absolute atomic E-state index is 0. The van der Waals surface area contributed by atoms with Crippen LogP contribution in [0.25, 0.3) is 11.3 Å². The Balaban J connectivity index is 0.00000144. The summed E-state index contributed by atoms with van der Waals surface area (Å²) in [6.07, 6.45) is 0.979. The largest absolute Gasteiger partial charge is 0.349 e. The molecule has 2 aromatic heterocycles. The van der Waals surface area contributed by atoms with Crippen molar-refractivity contribution in [3.05, 3.63) is 40.2 Å². The molecule has 3 heterocycles. The number of hydrogen-bond donors (Lipinski definition) is 2. The molecule has 2 N–H and O–H groups in total. The fraction of sp³-hybridized carbons (Fsp3) is 0.412. The number of thiophene rings is 1. The second-order valence-corrected chi connectivity index (χ2v) is 6.67. The summed E-state index contributed by atoms with van der Waals surface area (Å²) in [5.41, 5.74) is 3.48. The van der Waals surface area contributed by atoms with Crippen molar-refractivity contribution in [3.63, 3.8) is 0 Å². The molecule has 0 radical (unpaired) electrons. The molecule has 0 aliphatic carbocycles. The Morgan fingerprint density at radius 2 is 2.12 bits per heavy atom. The highest BCUT2D eigenvalue weighted by Gasteiger charge is 2.23. The van der Waals surface area contributed by atoms with Crippen LogP contribution in [-0.4, -0.2) is 30.0 Å². The zero-order valence-corrected chi connectivity index (χ0v) is 16.2. The molecule has 0 saturated carbocycles. The van der Waals surface area contributed by atoms with Crippen molar-refractivity contribution in [2.45, 2.75) is 26.3 Å². The summed E-state index contributed by atoms with van der Waals surface area (Å²) in [4.78, 5) is 17.1. The summed E-state index contributed by atoms with van der Waals surface area (Å²) in [6.45, 7) is 5.99. The standard InChI is InChI=1S/C17H21N3OS.2ClH/c1-11-9-18-7-5-15(11)20-17(21)14-3-4-16(19-12(14)2)13-6-8-22-10-13;;/h3-4,6,8,10-11,15,18H,5,7,9H2,1-2H3,(H,20,21);2*1H. The van der Waals surface area contributed by atoms with Gasteiger partial charge in [0.25, 0.3) is 5.91 Å². The molecule has 2 aromatic rings. The minimum atomic E-state index is -0.0133. The van der Waals surface area contributed by atoms with Crippen molar-refractivity contribution < 1.29 is 4.79 Å². The van der Waals surface area contributed by atoms with Crippen molar-refractivity contribution in [2.75, 3.05) is 13.1 Å². The summed E-state index contributed by atoms with van der Waals surface area (Å²) < 4.78 is 0. The Bertz CT molecular complexity index is 664. The molecule has 4 nitrogen and oxygen atoms in total. The topological polar surface area (TPSA) is 54.0 Å². The number of nitrogens with zero attached hydrogens (tertiary/aromatic N) is 1. The lowest BCUT2D eigenvalue weighted by atomic mass is 9.95. The van der Waals surface area contributed by atoms with Gasteiger partial charge < -0.3 is 10.6 Å². The fourth-order valence-corrected chi connectivity index (χ4v) is 3.50. The van der Waals surface area contributed by atoms with Crippen LogP contribution in [0.5, 0.6) is 0 Å². The molecule has 0 bridgehead atoms. The van der Waals surface area contributed by atoms with Gasteiger partial charge in [0.15, 0.2) is 0 Å². The van der Waals surface area contributed by atoms with Gasteiger partial charge in [0.2, 0.25) is 0 Å². The predicted molar refractivity (Wildman–Crippen MR) is 105 cm³/mol. The zero-order chi connectivity index (χ0) is 15.5. The van der Waals surface area contributed by atoms with E-state index >= 15 is 0 Å². The highest BCUT2D eigenvalue weighted by atomic mass is 35.5. The van der Waals surface area contributed by atoms with E-state index in [1.165, 1.54) is 0 Å². The number of aryl methyl sites for hydroxylation is 1. The fourth-order valence-electron chi connectivity index (χ4n) is 2.85. The monoisotopic (exact) mass is 387 g/mol. The molecule has 0 aromatic carbocycles. The van der Waals surface area contributed by atoms with E-state index in [1.54, 1.807) is 11.3 Å². The normalized spacial score (nSPS) is 19.8. The van der Waals surface area contributed by atoms with Crippen LogP contribution in [-0.2, 0) is 0 Å². The van der Waals surface area contributed by atoms with Crippen LogP contribution in [0.1, 0.15) is 29.4 Å². The Kier molecular flexibility index (Phi) is 8.16. The molecule has 1 fully saturated rings. The maximum absolute atomic E-state index is 12.5. The quantitative estimate of drug-likeness (QED) is 0.843. The number of carbonyl (C=O) groups is 1. The van der Waals surface area contributed by atoms with Gasteiger partial charge in [-0.2, -0.15) is 11.3 Å². The molecule has 3 rings (SSSR count). The van der Waals surface area contributed by atoms with E-state index in [-0.39, 0.29) is 36.8 Å². The Morgan fingerprint density at radius 1 is 1.33 bits per heavy atom. The van der Waals surface area contributed by atoms with E-state index in [4.69, 9.17) is 0 Å². The molecule has 7 heteroatoms. The average Bonchev–Trinajstić information content (AvgIpc) is 3.03. The molecule has 2 atom stereocenters. The van der Waals surface area contributed by atoms with Crippen LogP contribution < -0.4 is 10.6 Å². The van der Waals surface area contributed by atoms with Crippen molar-refractivity contribution in [1.29, 1.82) is 0 Å². The number of carbonyl (C=O) groups excluding carboxylic acids is 1. The van der Waals surface area contributed by atoms with Crippen LogP contribution in [0.2, 0.25) is 0 Å². The van der Waals surface area contributed by atoms with Gasteiger partial charge in [0, 0.05) is 17.0 Å². The van der Waals surface area contributed by atoms with Crippen molar-refractivity contribution >= 4 is 42.1 Å². The highest BCUT2D eigenvalue weighted by molar-refractivity contribution is 7.08. The Labute approximate surface area is 159 Å². The number of amides is 1. The van der Waals surface area contributed by atoms with Crippen LogP contribution in [0.4, 0.5) is 0 Å².